The minimum Gasteiger partial charge on any atom is -0.372 e. The Bertz CT molecular complexity index is 413. The second kappa shape index (κ2) is 9.40. The van der Waals surface area contributed by atoms with Gasteiger partial charge >= 0.3 is 5.97 Å². The normalized spacial score (nSPS) is 12.0. The molecule has 4 nitrogen and oxygen atoms in total. The first-order chi connectivity index (χ1) is 10.1. The summed E-state index contributed by atoms with van der Waals surface area (Å²) in [6.07, 6.45) is 3.00. The third-order valence-electron chi connectivity index (χ3n) is 3.48. The molecule has 0 saturated heterocycles. The summed E-state index contributed by atoms with van der Waals surface area (Å²) < 4.78 is 0. The van der Waals surface area contributed by atoms with Gasteiger partial charge in [0.05, 0.1) is 5.56 Å². The molecule has 1 aromatic rings. The van der Waals surface area contributed by atoms with Crippen LogP contribution in [0.3, 0.4) is 0 Å². The highest BCUT2D eigenvalue weighted by Crippen LogP contribution is 2.16. The average Bonchev–Trinajstić information content (AvgIpc) is 2.52. The van der Waals surface area contributed by atoms with Crippen LogP contribution in [0.2, 0.25) is 0 Å². The molecular weight excluding hydrogens is 266 g/mol. The van der Waals surface area contributed by atoms with Crippen molar-refractivity contribution in [1.29, 1.82) is 0 Å². The van der Waals surface area contributed by atoms with Gasteiger partial charge in [-0.05, 0) is 51.5 Å². The molecule has 0 bridgehead atoms. The molecule has 4 heteroatoms. The standard InChI is InChI=1S/C17H27NO3/c1-5-8-9-14(4)20-21-17(19)15-10-12-16(13-11-15)18(6-2)7-3/h10-14H,5-9H2,1-4H3. The maximum absolute atomic E-state index is 11.9. The van der Waals surface area contributed by atoms with Crippen molar-refractivity contribution < 1.29 is 14.6 Å². The van der Waals surface area contributed by atoms with Crippen molar-refractivity contribution in [1.82, 2.24) is 0 Å². The highest BCUT2D eigenvalue weighted by Gasteiger charge is 2.12. The lowest BCUT2D eigenvalue weighted by Gasteiger charge is -2.20. The maximum Gasteiger partial charge on any atom is 0.373 e. The molecule has 0 aliphatic carbocycles. The molecule has 0 fully saturated rings. The minimum atomic E-state index is -0.440. The van der Waals surface area contributed by atoms with Crippen molar-refractivity contribution in [3.8, 4) is 0 Å². The topological polar surface area (TPSA) is 38.8 Å². The van der Waals surface area contributed by atoms with E-state index in [0.717, 1.165) is 38.0 Å². The van der Waals surface area contributed by atoms with Crippen LogP contribution in [0.4, 0.5) is 5.69 Å². The molecule has 0 radical (unpaired) electrons. The SMILES string of the molecule is CCCCC(C)OOC(=O)c1ccc(N(CC)CC)cc1. The van der Waals surface area contributed by atoms with E-state index in [1.807, 2.05) is 19.1 Å². The Hall–Kier alpha value is -1.55. The van der Waals surface area contributed by atoms with Crippen molar-refractivity contribution in [3.63, 3.8) is 0 Å². The van der Waals surface area contributed by atoms with Gasteiger partial charge in [0.15, 0.2) is 0 Å². The van der Waals surface area contributed by atoms with Gasteiger partial charge in [-0.3, -0.25) is 4.89 Å². The van der Waals surface area contributed by atoms with Gasteiger partial charge in [0.25, 0.3) is 0 Å². The number of carbonyl (C=O) groups excluding carboxylic acids is 1. The van der Waals surface area contributed by atoms with Crippen LogP contribution < -0.4 is 4.90 Å². The number of anilines is 1. The Labute approximate surface area is 128 Å². The zero-order chi connectivity index (χ0) is 15.7. The van der Waals surface area contributed by atoms with Gasteiger partial charge in [0.1, 0.15) is 6.10 Å². The van der Waals surface area contributed by atoms with Crippen LogP contribution in [-0.2, 0) is 9.78 Å². The Morgan fingerprint density at radius 1 is 1.14 bits per heavy atom. The van der Waals surface area contributed by atoms with Crippen LogP contribution in [0.25, 0.3) is 0 Å². The summed E-state index contributed by atoms with van der Waals surface area (Å²) in [5.74, 6) is -0.440. The molecule has 0 N–H and O–H groups in total. The van der Waals surface area contributed by atoms with Crippen LogP contribution in [0.1, 0.15) is 57.3 Å². The Kier molecular flexibility index (Phi) is 7.83. The van der Waals surface area contributed by atoms with Crippen LogP contribution in [0, 0.1) is 0 Å². The fraction of sp³-hybridized carbons (Fsp3) is 0.588. The van der Waals surface area contributed by atoms with Crippen molar-refractivity contribution in [2.45, 2.75) is 53.1 Å². The van der Waals surface area contributed by atoms with Crippen molar-refractivity contribution in [2.75, 3.05) is 18.0 Å². The number of rotatable bonds is 9. The van der Waals surface area contributed by atoms with E-state index in [-0.39, 0.29) is 6.10 Å². The van der Waals surface area contributed by atoms with E-state index >= 15 is 0 Å². The molecule has 0 amide bonds. The van der Waals surface area contributed by atoms with E-state index in [4.69, 9.17) is 9.78 Å². The first-order valence-corrected chi connectivity index (χ1v) is 7.84. The van der Waals surface area contributed by atoms with Gasteiger partial charge in [0, 0.05) is 18.8 Å². The number of carbonyl (C=O) groups is 1. The van der Waals surface area contributed by atoms with Crippen LogP contribution in [0.5, 0.6) is 0 Å². The summed E-state index contributed by atoms with van der Waals surface area (Å²) in [7, 11) is 0. The number of benzene rings is 1. The van der Waals surface area contributed by atoms with Gasteiger partial charge in [-0.2, -0.15) is 4.89 Å². The van der Waals surface area contributed by atoms with Crippen LogP contribution in [0.15, 0.2) is 24.3 Å². The molecule has 21 heavy (non-hydrogen) atoms. The molecule has 0 aliphatic rings. The number of hydrogen-bond donors (Lipinski definition) is 0. The molecule has 1 rings (SSSR count). The molecule has 1 atom stereocenters. The predicted molar refractivity (Wildman–Crippen MR) is 85.5 cm³/mol. The van der Waals surface area contributed by atoms with Crippen LogP contribution in [-0.4, -0.2) is 25.2 Å². The minimum absolute atomic E-state index is 0.0659. The van der Waals surface area contributed by atoms with E-state index in [9.17, 15) is 4.79 Å². The van der Waals surface area contributed by atoms with Gasteiger partial charge in [-0.1, -0.05) is 19.8 Å². The molecule has 0 heterocycles. The fourth-order valence-electron chi connectivity index (χ4n) is 2.11. The molecule has 1 unspecified atom stereocenters. The first-order valence-electron chi connectivity index (χ1n) is 7.84. The average molecular weight is 293 g/mol. The van der Waals surface area contributed by atoms with E-state index in [2.05, 4.69) is 25.7 Å². The number of hydrogen-bond acceptors (Lipinski definition) is 4. The monoisotopic (exact) mass is 293 g/mol. The smallest absolute Gasteiger partial charge is 0.372 e. The van der Waals surface area contributed by atoms with Gasteiger partial charge in [-0.25, -0.2) is 4.79 Å². The summed E-state index contributed by atoms with van der Waals surface area (Å²) in [4.78, 5) is 24.1. The lowest BCUT2D eigenvalue weighted by molar-refractivity contribution is -0.271. The van der Waals surface area contributed by atoms with Gasteiger partial charge < -0.3 is 4.90 Å². The summed E-state index contributed by atoms with van der Waals surface area (Å²) >= 11 is 0. The van der Waals surface area contributed by atoms with Crippen molar-refractivity contribution in [3.05, 3.63) is 29.8 Å². The molecule has 0 aromatic heterocycles. The van der Waals surface area contributed by atoms with Gasteiger partial charge in [0.2, 0.25) is 0 Å². The number of nitrogens with zero attached hydrogens (tertiary/aromatic N) is 1. The van der Waals surface area contributed by atoms with Gasteiger partial charge in [-0.15, -0.1) is 0 Å². The maximum atomic E-state index is 11.9. The first kappa shape index (κ1) is 17.5. The third-order valence-corrected chi connectivity index (χ3v) is 3.48. The lowest BCUT2D eigenvalue weighted by atomic mass is 10.2. The summed E-state index contributed by atoms with van der Waals surface area (Å²) in [6, 6.07) is 7.42. The Balaban J connectivity index is 2.51. The summed E-state index contributed by atoms with van der Waals surface area (Å²) in [6.45, 7) is 10.1. The predicted octanol–water partition coefficient (Wildman–Crippen LogP) is 4.20. The lowest BCUT2D eigenvalue weighted by Crippen LogP contribution is -2.21. The summed E-state index contributed by atoms with van der Waals surface area (Å²) in [5.41, 5.74) is 1.61. The van der Waals surface area contributed by atoms with Crippen molar-refractivity contribution >= 4 is 11.7 Å². The molecule has 118 valence electrons. The number of unbranched alkanes of at least 4 members (excludes halogenated alkanes) is 1. The second-order valence-corrected chi connectivity index (χ2v) is 5.14. The zero-order valence-electron chi connectivity index (χ0n) is 13.6. The molecule has 0 spiro atoms. The largest absolute Gasteiger partial charge is 0.373 e. The molecular formula is C17H27NO3. The van der Waals surface area contributed by atoms with Crippen LogP contribution >= 0.6 is 0 Å². The van der Waals surface area contributed by atoms with E-state index < -0.39 is 5.97 Å². The fourth-order valence-corrected chi connectivity index (χ4v) is 2.11. The molecule has 0 aliphatic heterocycles. The molecule has 0 saturated carbocycles. The quantitative estimate of drug-likeness (QED) is 0.505. The highest BCUT2D eigenvalue weighted by molar-refractivity contribution is 5.89. The Morgan fingerprint density at radius 3 is 2.29 bits per heavy atom. The van der Waals surface area contributed by atoms with E-state index in [1.54, 1.807) is 12.1 Å². The zero-order valence-corrected chi connectivity index (χ0v) is 13.6. The van der Waals surface area contributed by atoms with Crippen molar-refractivity contribution in [2.24, 2.45) is 0 Å². The van der Waals surface area contributed by atoms with E-state index in [1.165, 1.54) is 0 Å². The van der Waals surface area contributed by atoms with E-state index in [0.29, 0.717) is 5.56 Å². The summed E-state index contributed by atoms with van der Waals surface area (Å²) in [5, 5.41) is 0. The second-order valence-electron chi connectivity index (χ2n) is 5.14. The third kappa shape index (κ3) is 5.76. The molecule has 1 aromatic carbocycles. The highest BCUT2D eigenvalue weighted by atomic mass is 17.2. The Morgan fingerprint density at radius 2 is 1.76 bits per heavy atom.